The summed E-state index contributed by atoms with van der Waals surface area (Å²) in [6.07, 6.45) is 9.07. The van der Waals surface area contributed by atoms with Gasteiger partial charge in [0.25, 0.3) is 0 Å². The van der Waals surface area contributed by atoms with Crippen LogP contribution in [0.3, 0.4) is 0 Å². The summed E-state index contributed by atoms with van der Waals surface area (Å²) >= 11 is 0. The summed E-state index contributed by atoms with van der Waals surface area (Å²) in [5.74, 6) is 0. The van der Waals surface area contributed by atoms with Crippen molar-refractivity contribution in [3.63, 3.8) is 0 Å². The van der Waals surface area contributed by atoms with Crippen LogP contribution in [0.2, 0.25) is 0 Å². The molecule has 0 aliphatic carbocycles. The summed E-state index contributed by atoms with van der Waals surface area (Å²) < 4.78 is 0. The maximum atomic E-state index is 2.25. The SMILES string of the molecule is CCC/C=C/c1ccc(CCc2ccccc2)cc1. The van der Waals surface area contributed by atoms with E-state index in [-0.39, 0.29) is 0 Å². The molecule has 0 saturated heterocycles. The first-order chi connectivity index (χ1) is 9.38. The fraction of sp³-hybridized carbons (Fsp3) is 0.263. The topological polar surface area (TPSA) is 0 Å². The van der Waals surface area contributed by atoms with Gasteiger partial charge in [-0.15, -0.1) is 0 Å². The molecule has 19 heavy (non-hydrogen) atoms. The molecule has 0 aliphatic rings. The van der Waals surface area contributed by atoms with E-state index in [0.717, 1.165) is 19.3 Å². The molecule has 0 atom stereocenters. The van der Waals surface area contributed by atoms with E-state index in [9.17, 15) is 0 Å². The van der Waals surface area contributed by atoms with Crippen LogP contribution in [0.4, 0.5) is 0 Å². The average Bonchev–Trinajstić information content (AvgIpc) is 2.48. The Labute approximate surface area is 116 Å². The lowest BCUT2D eigenvalue weighted by atomic mass is 10.0. The first kappa shape index (κ1) is 13.6. The lowest BCUT2D eigenvalue weighted by Crippen LogP contribution is -1.90. The Morgan fingerprint density at radius 2 is 1.42 bits per heavy atom. The number of unbranched alkanes of at least 4 members (excludes halogenated alkanes) is 1. The zero-order valence-electron chi connectivity index (χ0n) is 11.7. The number of benzene rings is 2. The molecular weight excluding hydrogens is 228 g/mol. The number of aryl methyl sites for hydroxylation is 2. The van der Waals surface area contributed by atoms with E-state index in [2.05, 4.69) is 73.7 Å². The molecule has 0 N–H and O–H groups in total. The highest BCUT2D eigenvalue weighted by Crippen LogP contribution is 2.10. The predicted octanol–water partition coefficient (Wildman–Crippen LogP) is 5.29. The number of allylic oxidation sites excluding steroid dienone is 1. The Bertz CT molecular complexity index is 491. The van der Waals surface area contributed by atoms with Crippen molar-refractivity contribution in [2.75, 3.05) is 0 Å². The Morgan fingerprint density at radius 3 is 2.05 bits per heavy atom. The predicted molar refractivity (Wildman–Crippen MR) is 84.2 cm³/mol. The standard InChI is InChI=1S/C19H22/c1-2-3-5-8-18-12-15-19(16-13-18)14-11-17-9-6-4-7-10-17/h4-10,12-13,15-16H,2-3,11,14H2,1H3/b8-5+. The van der Waals surface area contributed by atoms with Crippen molar-refractivity contribution in [3.8, 4) is 0 Å². The molecule has 0 heterocycles. The minimum Gasteiger partial charge on any atom is -0.0840 e. The third kappa shape index (κ3) is 4.75. The average molecular weight is 250 g/mol. The van der Waals surface area contributed by atoms with Gasteiger partial charge in [0.1, 0.15) is 0 Å². The van der Waals surface area contributed by atoms with Gasteiger partial charge in [-0.05, 0) is 36.0 Å². The van der Waals surface area contributed by atoms with Crippen LogP contribution in [0, 0.1) is 0 Å². The van der Waals surface area contributed by atoms with E-state index in [4.69, 9.17) is 0 Å². The van der Waals surface area contributed by atoms with Gasteiger partial charge in [0.05, 0.1) is 0 Å². The lowest BCUT2D eigenvalue weighted by Gasteiger charge is -2.03. The Kier molecular flexibility index (Phi) is 5.43. The van der Waals surface area contributed by atoms with Crippen LogP contribution in [0.15, 0.2) is 60.7 Å². The molecule has 98 valence electrons. The Morgan fingerprint density at radius 1 is 0.789 bits per heavy atom. The van der Waals surface area contributed by atoms with Gasteiger partial charge in [-0.25, -0.2) is 0 Å². The molecule has 2 aromatic carbocycles. The fourth-order valence-electron chi connectivity index (χ4n) is 2.11. The van der Waals surface area contributed by atoms with Crippen LogP contribution in [0.5, 0.6) is 0 Å². The molecule has 0 saturated carbocycles. The largest absolute Gasteiger partial charge is 0.0840 e. The van der Waals surface area contributed by atoms with E-state index < -0.39 is 0 Å². The smallest absolute Gasteiger partial charge is 0.0238 e. The Hall–Kier alpha value is -1.82. The molecule has 0 amide bonds. The molecule has 0 unspecified atom stereocenters. The highest BCUT2D eigenvalue weighted by molar-refractivity contribution is 5.49. The number of hydrogen-bond acceptors (Lipinski definition) is 0. The minimum atomic E-state index is 1.11. The number of rotatable bonds is 6. The van der Waals surface area contributed by atoms with Crippen LogP contribution in [-0.4, -0.2) is 0 Å². The molecule has 0 spiro atoms. The van der Waals surface area contributed by atoms with Crippen molar-refractivity contribution in [3.05, 3.63) is 77.4 Å². The van der Waals surface area contributed by atoms with Gasteiger partial charge in [-0.3, -0.25) is 0 Å². The molecule has 2 aromatic rings. The summed E-state index contributed by atoms with van der Waals surface area (Å²) in [6, 6.07) is 19.6. The van der Waals surface area contributed by atoms with Crippen LogP contribution in [-0.2, 0) is 12.8 Å². The molecule has 0 heteroatoms. The van der Waals surface area contributed by atoms with Crippen molar-refractivity contribution in [2.45, 2.75) is 32.6 Å². The zero-order valence-corrected chi connectivity index (χ0v) is 11.7. The summed E-state index contributed by atoms with van der Waals surface area (Å²) in [5.41, 5.74) is 4.13. The summed E-state index contributed by atoms with van der Waals surface area (Å²) in [7, 11) is 0. The maximum absolute atomic E-state index is 2.25. The third-order valence-electron chi connectivity index (χ3n) is 3.29. The van der Waals surface area contributed by atoms with Crippen molar-refractivity contribution in [2.24, 2.45) is 0 Å². The Balaban J connectivity index is 1.88. The first-order valence-corrected chi connectivity index (χ1v) is 7.18. The van der Waals surface area contributed by atoms with Gasteiger partial charge < -0.3 is 0 Å². The minimum absolute atomic E-state index is 1.11. The third-order valence-corrected chi connectivity index (χ3v) is 3.29. The van der Waals surface area contributed by atoms with Crippen LogP contribution in [0.25, 0.3) is 6.08 Å². The van der Waals surface area contributed by atoms with Crippen LogP contribution in [0.1, 0.15) is 36.5 Å². The molecule has 0 bridgehead atoms. The van der Waals surface area contributed by atoms with Crippen molar-refractivity contribution < 1.29 is 0 Å². The van der Waals surface area contributed by atoms with E-state index >= 15 is 0 Å². The van der Waals surface area contributed by atoms with E-state index in [0.29, 0.717) is 0 Å². The van der Waals surface area contributed by atoms with Crippen molar-refractivity contribution in [1.82, 2.24) is 0 Å². The van der Waals surface area contributed by atoms with Gasteiger partial charge in [0, 0.05) is 0 Å². The van der Waals surface area contributed by atoms with Gasteiger partial charge in [-0.2, -0.15) is 0 Å². The van der Waals surface area contributed by atoms with E-state index in [1.54, 1.807) is 0 Å². The highest BCUT2D eigenvalue weighted by atomic mass is 14.0. The molecule has 0 aliphatic heterocycles. The molecule has 0 aromatic heterocycles. The monoisotopic (exact) mass is 250 g/mol. The quantitative estimate of drug-likeness (QED) is 0.654. The normalized spacial score (nSPS) is 11.0. The first-order valence-electron chi connectivity index (χ1n) is 7.18. The van der Waals surface area contributed by atoms with Crippen molar-refractivity contribution >= 4 is 6.08 Å². The van der Waals surface area contributed by atoms with Gasteiger partial charge in [0.2, 0.25) is 0 Å². The van der Waals surface area contributed by atoms with Crippen LogP contribution < -0.4 is 0 Å². The number of hydrogen-bond donors (Lipinski definition) is 0. The molecule has 0 nitrogen and oxygen atoms in total. The summed E-state index contributed by atoms with van der Waals surface area (Å²) in [6.45, 7) is 2.21. The molecule has 2 rings (SSSR count). The highest BCUT2D eigenvalue weighted by Gasteiger charge is 1.95. The summed E-state index contributed by atoms with van der Waals surface area (Å²) in [4.78, 5) is 0. The fourth-order valence-corrected chi connectivity index (χ4v) is 2.11. The van der Waals surface area contributed by atoms with Gasteiger partial charge in [0.15, 0.2) is 0 Å². The second-order valence-corrected chi connectivity index (χ2v) is 4.92. The van der Waals surface area contributed by atoms with E-state index in [1.807, 2.05) is 0 Å². The maximum Gasteiger partial charge on any atom is -0.0238 e. The van der Waals surface area contributed by atoms with Gasteiger partial charge in [-0.1, -0.05) is 80.1 Å². The second kappa shape index (κ2) is 7.58. The molecule has 0 radical (unpaired) electrons. The second-order valence-electron chi connectivity index (χ2n) is 4.92. The summed E-state index contributed by atoms with van der Waals surface area (Å²) in [5, 5.41) is 0. The van der Waals surface area contributed by atoms with Gasteiger partial charge >= 0.3 is 0 Å². The van der Waals surface area contributed by atoms with Crippen molar-refractivity contribution in [1.29, 1.82) is 0 Å². The lowest BCUT2D eigenvalue weighted by molar-refractivity contribution is 0.959. The zero-order chi connectivity index (χ0) is 13.3. The van der Waals surface area contributed by atoms with Crippen LogP contribution >= 0.6 is 0 Å². The van der Waals surface area contributed by atoms with E-state index in [1.165, 1.54) is 23.1 Å². The molecular formula is C19H22. The molecule has 0 fully saturated rings.